The molecule has 1 aromatic carbocycles. The lowest BCUT2D eigenvalue weighted by molar-refractivity contribution is -0.126. The number of nitrogens with one attached hydrogen (secondary N) is 2. The Labute approximate surface area is 210 Å². The van der Waals surface area contributed by atoms with E-state index in [1.807, 2.05) is 45.9 Å². The molecule has 0 unspecified atom stereocenters. The summed E-state index contributed by atoms with van der Waals surface area (Å²) in [5, 5.41) is 5.72. The van der Waals surface area contributed by atoms with Gasteiger partial charge in [-0.15, -0.1) is 0 Å². The van der Waals surface area contributed by atoms with E-state index < -0.39 is 48.1 Å². The Morgan fingerprint density at radius 1 is 1.03 bits per heavy atom. The number of hydrogen-bond donors (Lipinski definition) is 2. The van der Waals surface area contributed by atoms with Gasteiger partial charge >= 0.3 is 13.2 Å². The van der Waals surface area contributed by atoms with Crippen LogP contribution >= 0.6 is 0 Å². The maximum atomic E-state index is 13.4. The third-order valence-electron chi connectivity index (χ3n) is 6.55. The number of aryl methyl sites for hydroxylation is 1. The molecule has 0 aromatic heterocycles. The highest BCUT2D eigenvalue weighted by Gasteiger charge is 2.54. The monoisotopic (exact) mass is 490 g/mol. The summed E-state index contributed by atoms with van der Waals surface area (Å²) >= 11 is 0. The predicted octanol–water partition coefficient (Wildman–Crippen LogP) is 4.05. The molecule has 8 nitrogen and oxygen atoms in total. The molecule has 0 spiro atoms. The van der Waals surface area contributed by atoms with Crippen LogP contribution in [0.2, 0.25) is 0 Å². The van der Waals surface area contributed by atoms with Gasteiger partial charge in [-0.2, -0.15) is 0 Å². The van der Waals surface area contributed by atoms with E-state index in [2.05, 4.69) is 22.8 Å². The van der Waals surface area contributed by atoms with E-state index in [-0.39, 0.29) is 5.91 Å². The van der Waals surface area contributed by atoms with Crippen molar-refractivity contribution in [2.75, 3.05) is 7.11 Å². The van der Waals surface area contributed by atoms with Crippen LogP contribution in [-0.4, -0.2) is 61.1 Å². The van der Waals surface area contributed by atoms with Crippen molar-refractivity contribution >= 4 is 19.1 Å². The van der Waals surface area contributed by atoms with Gasteiger partial charge in [0.25, 0.3) is 0 Å². The third-order valence-corrected chi connectivity index (χ3v) is 6.55. The van der Waals surface area contributed by atoms with Gasteiger partial charge in [-0.05, 0) is 80.2 Å². The van der Waals surface area contributed by atoms with Gasteiger partial charge in [-0.3, -0.25) is 4.79 Å². The smallest absolute Gasteiger partial charge is 0.444 e. The number of carbonyl (C=O) groups excluding carboxylic acids is 2. The highest BCUT2D eigenvalue weighted by atomic mass is 16.7. The molecule has 2 amide bonds. The summed E-state index contributed by atoms with van der Waals surface area (Å²) in [7, 11) is 0.868. The van der Waals surface area contributed by atoms with Crippen molar-refractivity contribution in [1.29, 1.82) is 0 Å². The molecule has 0 bridgehead atoms. The molecule has 0 aliphatic carbocycles. The number of ether oxygens (including phenoxy) is 2. The zero-order chi connectivity index (χ0) is 26.4. The molecule has 0 radical (unpaired) electrons. The second kappa shape index (κ2) is 11.8. The number of alkyl carbamates (subject to hydrolysis) is 1. The number of rotatable bonds is 10. The Morgan fingerprint density at radius 3 is 2.11 bits per heavy atom. The molecule has 1 fully saturated rings. The lowest BCUT2D eigenvalue weighted by Gasteiger charge is -2.32. The quantitative estimate of drug-likeness (QED) is 0.481. The van der Waals surface area contributed by atoms with Gasteiger partial charge in [0.2, 0.25) is 5.91 Å². The fourth-order valence-corrected chi connectivity index (χ4v) is 3.74. The highest BCUT2D eigenvalue weighted by molar-refractivity contribution is 6.48. The Bertz CT molecular complexity index is 824. The molecule has 1 aromatic rings. The Hall–Kier alpha value is -2.10. The molecular formula is C26H43BN2O6. The van der Waals surface area contributed by atoms with Gasteiger partial charge in [0, 0.05) is 7.11 Å². The molecule has 2 rings (SSSR count). The van der Waals surface area contributed by atoms with Crippen molar-refractivity contribution in [3.05, 3.63) is 35.9 Å². The van der Waals surface area contributed by atoms with Crippen molar-refractivity contribution in [1.82, 2.24) is 10.6 Å². The second-order valence-electron chi connectivity index (χ2n) is 11.2. The standard InChI is InChI=1S/C26H43BN2O6/c1-18(32-9)21(29-23(31)33-24(2,3)4)22(30)28-20(17-13-16-19-14-11-10-12-15-19)27-34-25(5,6)26(7,8)35-27/h10-12,14-15,18,20-21H,13,16-17H2,1-9H3,(H,28,30)(H,29,31)/t18-,20-,21+/m0/s1. The number of hydrogen-bond acceptors (Lipinski definition) is 6. The minimum Gasteiger partial charge on any atom is -0.444 e. The first kappa shape index (κ1) is 29.1. The van der Waals surface area contributed by atoms with E-state index in [1.54, 1.807) is 27.7 Å². The SMILES string of the molecule is CO[C@@H](C)[C@@H](NC(=O)OC(C)(C)C)C(=O)N[C@@H](CCCc1ccccc1)B1OC(C)(C)C(C)(C)O1. The predicted molar refractivity (Wildman–Crippen MR) is 137 cm³/mol. The lowest BCUT2D eigenvalue weighted by Crippen LogP contribution is -2.58. The molecule has 9 heteroatoms. The van der Waals surface area contributed by atoms with E-state index in [1.165, 1.54) is 12.7 Å². The largest absolute Gasteiger partial charge is 0.481 e. The summed E-state index contributed by atoms with van der Waals surface area (Å²) in [5.41, 5.74) is -0.532. The minimum absolute atomic E-state index is 0.385. The van der Waals surface area contributed by atoms with Crippen LogP contribution in [0.25, 0.3) is 0 Å². The number of carbonyl (C=O) groups is 2. The van der Waals surface area contributed by atoms with E-state index in [9.17, 15) is 9.59 Å². The summed E-state index contributed by atoms with van der Waals surface area (Å²) in [6, 6.07) is 9.25. The Balaban J connectivity index is 2.16. The fourth-order valence-electron chi connectivity index (χ4n) is 3.74. The molecule has 2 N–H and O–H groups in total. The van der Waals surface area contributed by atoms with Crippen LogP contribution in [0, 0.1) is 0 Å². The first-order valence-corrected chi connectivity index (χ1v) is 12.4. The van der Waals surface area contributed by atoms with Crippen molar-refractivity contribution < 1.29 is 28.4 Å². The van der Waals surface area contributed by atoms with E-state index in [0.717, 1.165) is 12.8 Å². The van der Waals surface area contributed by atoms with E-state index in [0.29, 0.717) is 6.42 Å². The van der Waals surface area contributed by atoms with Crippen LogP contribution in [0.15, 0.2) is 30.3 Å². The van der Waals surface area contributed by atoms with E-state index >= 15 is 0 Å². The normalized spacial score (nSPS) is 19.5. The third kappa shape index (κ3) is 8.51. The van der Waals surface area contributed by atoms with Gasteiger partial charge in [0.15, 0.2) is 0 Å². The van der Waals surface area contributed by atoms with Crippen molar-refractivity contribution in [2.45, 2.75) is 110 Å². The van der Waals surface area contributed by atoms with Crippen molar-refractivity contribution in [3.8, 4) is 0 Å². The second-order valence-corrected chi connectivity index (χ2v) is 11.2. The van der Waals surface area contributed by atoms with Crippen molar-refractivity contribution in [3.63, 3.8) is 0 Å². The van der Waals surface area contributed by atoms with Crippen LogP contribution in [0.1, 0.15) is 73.8 Å². The summed E-state index contributed by atoms with van der Waals surface area (Å²) in [6.45, 7) is 14.9. The van der Waals surface area contributed by atoms with Gasteiger partial charge in [0.1, 0.15) is 11.6 Å². The summed E-state index contributed by atoms with van der Waals surface area (Å²) in [6.07, 6.45) is 1.06. The molecule has 196 valence electrons. The molecule has 1 heterocycles. The first-order valence-electron chi connectivity index (χ1n) is 12.4. The Kier molecular flexibility index (Phi) is 9.79. The Morgan fingerprint density at radius 2 is 1.60 bits per heavy atom. The average molecular weight is 490 g/mol. The van der Waals surface area contributed by atoms with Crippen LogP contribution < -0.4 is 10.6 Å². The topological polar surface area (TPSA) is 95.1 Å². The molecule has 1 aliphatic rings. The number of methoxy groups -OCH3 is 1. The van der Waals surface area contributed by atoms with E-state index in [4.69, 9.17) is 18.8 Å². The van der Waals surface area contributed by atoms with Crippen LogP contribution in [0.5, 0.6) is 0 Å². The zero-order valence-corrected chi connectivity index (χ0v) is 22.8. The van der Waals surface area contributed by atoms with Gasteiger partial charge in [0.05, 0.1) is 23.2 Å². The molecule has 3 atom stereocenters. The fraction of sp³-hybridized carbons (Fsp3) is 0.692. The number of benzene rings is 1. The maximum absolute atomic E-state index is 13.4. The van der Waals surface area contributed by atoms with Gasteiger partial charge < -0.3 is 29.4 Å². The average Bonchev–Trinajstić information content (AvgIpc) is 2.97. The maximum Gasteiger partial charge on any atom is 0.481 e. The first-order chi connectivity index (χ1) is 16.1. The summed E-state index contributed by atoms with van der Waals surface area (Å²) in [4.78, 5) is 25.8. The van der Waals surface area contributed by atoms with Gasteiger partial charge in [-0.1, -0.05) is 30.3 Å². The molecule has 1 saturated heterocycles. The molecule has 0 saturated carbocycles. The minimum atomic E-state index is -0.950. The molecule has 1 aliphatic heterocycles. The molecule has 35 heavy (non-hydrogen) atoms. The van der Waals surface area contributed by atoms with Crippen LogP contribution in [0.3, 0.4) is 0 Å². The molecular weight excluding hydrogens is 447 g/mol. The van der Waals surface area contributed by atoms with Crippen LogP contribution in [-0.2, 0) is 30.0 Å². The number of amides is 2. The summed E-state index contributed by atoms with van der Waals surface area (Å²) in [5.74, 6) is -0.802. The van der Waals surface area contributed by atoms with Crippen molar-refractivity contribution in [2.24, 2.45) is 0 Å². The summed E-state index contributed by atoms with van der Waals surface area (Å²) < 4.78 is 23.3. The van der Waals surface area contributed by atoms with Gasteiger partial charge in [-0.25, -0.2) is 4.79 Å². The lowest BCUT2D eigenvalue weighted by atomic mass is 9.75. The highest BCUT2D eigenvalue weighted by Crippen LogP contribution is 2.38. The zero-order valence-electron chi connectivity index (χ0n) is 22.8. The van der Waals surface area contributed by atoms with Crippen LogP contribution in [0.4, 0.5) is 4.79 Å².